The monoisotopic (exact) mass is 478 g/mol. The number of rotatable bonds is 8. The molecule has 156 valence electrons. The van der Waals surface area contributed by atoms with E-state index in [0.717, 1.165) is 59.6 Å². The van der Waals surface area contributed by atoms with E-state index in [-0.39, 0.29) is 17.9 Å². The van der Waals surface area contributed by atoms with Gasteiger partial charge in [0.25, 0.3) is 0 Å². The summed E-state index contributed by atoms with van der Waals surface area (Å²) in [6.45, 7) is 4.87. The number of aromatic nitrogens is 1. The Morgan fingerprint density at radius 1 is 1.28 bits per heavy atom. The first-order valence-electron chi connectivity index (χ1n) is 10.0. The summed E-state index contributed by atoms with van der Waals surface area (Å²) in [5, 5.41) is 8.90. The van der Waals surface area contributed by atoms with Crippen molar-refractivity contribution in [3.63, 3.8) is 0 Å². The van der Waals surface area contributed by atoms with Gasteiger partial charge in [0.1, 0.15) is 5.01 Å². The van der Waals surface area contributed by atoms with Gasteiger partial charge < -0.3 is 10.6 Å². The number of piperidine rings is 1. The largest absolute Gasteiger partial charge is 0.355 e. The molecule has 2 heterocycles. The third-order valence-electron chi connectivity index (χ3n) is 4.86. The molecule has 0 aliphatic carbocycles. The van der Waals surface area contributed by atoms with E-state index >= 15 is 0 Å². The molecule has 0 radical (unpaired) electrons. The highest BCUT2D eigenvalue weighted by Gasteiger charge is 2.22. The van der Waals surface area contributed by atoms with Crippen LogP contribution in [-0.4, -0.2) is 53.9 Å². The van der Waals surface area contributed by atoms with E-state index in [1.165, 1.54) is 0 Å². The second kappa shape index (κ2) is 10.8. The van der Waals surface area contributed by atoms with Crippen molar-refractivity contribution in [2.75, 3.05) is 26.2 Å². The van der Waals surface area contributed by atoms with Crippen molar-refractivity contribution >= 4 is 39.1 Å². The summed E-state index contributed by atoms with van der Waals surface area (Å²) in [6.07, 6.45) is 2.98. The van der Waals surface area contributed by atoms with E-state index in [1.807, 2.05) is 36.6 Å². The van der Waals surface area contributed by atoms with Crippen LogP contribution in [0.1, 0.15) is 31.9 Å². The summed E-state index contributed by atoms with van der Waals surface area (Å²) < 4.78 is 1.01. The highest BCUT2D eigenvalue weighted by molar-refractivity contribution is 9.10. The molecule has 8 heteroatoms. The summed E-state index contributed by atoms with van der Waals surface area (Å²) in [7, 11) is 0. The van der Waals surface area contributed by atoms with E-state index in [0.29, 0.717) is 13.0 Å². The van der Waals surface area contributed by atoms with Crippen LogP contribution >= 0.6 is 27.3 Å². The summed E-state index contributed by atoms with van der Waals surface area (Å²) in [6, 6.07) is 8.17. The molecule has 1 saturated heterocycles. The first-order chi connectivity index (χ1) is 14.0. The summed E-state index contributed by atoms with van der Waals surface area (Å²) in [5.41, 5.74) is 1.85. The minimum atomic E-state index is 0.00947. The fraction of sp³-hybridized carbons (Fsp3) is 0.476. The van der Waals surface area contributed by atoms with Crippen LogP contribution in [0, 0.1) is 0 Å². The molecule has 6 nitrogen and oxygen atoms in total. The quantitative estimate of drug-likeness (QED) is 0.610. The van der Waals surface area contributed by atoms with Crippen LogP contribution < -0.4 is 10.6 Å². The van der Waals surface area contributed by atoms with Gasteiger partial charge in [0.2, 0.25) is 11.8 Å². The zero-order chi connectivity index (χ0) is 20.6. The molecule has 2 amide bonds. The molecule has 1 fully saturated rings. The maximum atomic E-state index is 12.4. The molecule has 0 atom stereocenters. The number of hydrogen-bond acceptors (Lipinski definition) is 5. The standard InChI is InChI=1S/C21H27BrN4O2S/c1-2-8-23-20(28)13-26-9-6-17(7-10-26)24-19(27)12-18-14-29-21(25-18)15-4-3-5-16(22)11-15/h3-5,11,14,17H,2,6-10,12-13H2,1H3,(H,23,28)(H,24,27). The molecule has 0 spiro atoms. The molecular formula is C21H27BrN4O2S. The van der Waals surface area contributed by atoms with Crippen molar-refractivity contribution in [1.82, 2.24) is 20.5 Å². The average molecular weight is 479 g/mol. The zero-order valence-electron chi connectivity index (χ0n) is 16.6. The SMILES string of the molecule is CCCNC(=O)CN1CCC(NC(=O)Cc2csc(-c3cccc(Br)c3)n2)CC1. The molecule has 29 heavy (non-hydrogen) atoms. The van der Waals surface area contributed by atoms with Gasteiger partial charge in [0, 0.05) is 41.1 Å². The first kappa shape index (κ1) is 21.9. The van der Waals surface area contributed by atoms with Gasteiger partial charge in [-0.3, -0.25) is 14.5 Å². The van der Waals surface area contributed by atoms with Crippen molar-refractivity contribution in [3.05, 3.63) is 39.8 Å². The first-order valence-corrected chi connectivity index (χ1v) is 11.7. The number of carbonyl (C=O) groups excluding carboxylic acids is 2. The van der Waals surface area contributed by atoms with Crippen LogP contribution in [0.3, 0.4) is 0 Å². The minimum absolute atomic E-state index is 0.00947. The maximum absolute atomic E-state index is 12.4. The Balaban J connectivity index is 1.42. The topological polar surface area (TPSA) is 74.3 Å². The van der Waals surface area contributed by atoms with Gasteiger partial charge in [0.05, 0.1) is 18.7 Å². The number of likely N-dealkylation sites (tertiary alicyclic amines) is 1. The third kappa shape index (κ3) is 6.90. The van der Waals surface area contributed by atoms with Crippen molar-refractivity contribution < 1.29 is 9.59 Å². The van der Waals surface area contributed by atoms with E-state index < -0.39 is 0 Å². The number of benzene rings is 1. The summed E-state index contributed by atoms with van der Waals surface area (Å²) in [4.78, 5) is 31.0. The Morgan fingerprint density at radius 2 is 2.07 bits per heavy atom. The van der Waals surface area contributed by atoms with Crippen LogP contribution in [0.15, 0.2) is 34.1 Å². The second-order valence-electron chi connectivity index (χ2n) is 7.30. The lowest BCUT2D eigenvalue weighted by Crippen LogP contribution is -2.47. The van der Waals surface area contributed by atoms with Crippen LogP contribution in [-0.2, 0) is 16.0 Å². The Labute approximate surface area is 184 Å². The number of halogens is 1. The van der Waals surface area contributed by atoms with E-state index in [2.05, 4.69) is 36.4 Å². The number of thiazole rings is 1. The number of carbonyl (C=O) groups is 2. The smallest absolute Gasteiger partial charge is 0.234 e. The predicted octanol–water partition coefficient (Wildman–Crippen LogP) is 3.22. The Hall–Kier alpha value is -1.77. The predicted molar refractivity (Wildman–Crippen MR) is 120 cm³/mol. The Kier molecular flexibility index (Phi) is 8.20. The average Bonchev–Trinajstić information content (AvgIpc) is 3.16. The van der Waals surface area contributed by atoms with Crippen LogP contribution in [0.2, 0.25) is 0 Å². The number of amides is 2. The molecule has 0 saturated carbocycles. The minimum Gasteiger partial charge on any atom is -0.355 e. The molecular weight excluding hydrogens is 452 g/mol. The second-order valence-corrected chi connectivity index (χ2v) is 9.07. The van der Waals surface area contributed by atoms with Crippen molar-refractivity contribution in [2.45, 2.75) is 38.6 Å². The molecule has 1 aliphatic rings. The highest BCUT2D eigenvalue weighted by Crippen LogP contribution is 2.26. The molecule has 1 aromatic heterocycles. The molecule has 2 aromatic rings. The van der Waals surface area contributed by atoms with Crippen LogP contribution in [0.5, 0.6) is 0 Å². The third-order valence-corrected chi connectivity index (χ3v) is 6.29. The summed E-state index contributed by atoms with van der Waals surface area (Å²) in [5.74, 6) is 0.0920. The number of nitrogens with zero attached hydrogens (tertiary/aromatic N) is 2. The van der Waals surface area contributed by atoms with E-state index in [9.17, 15) is 9.59 Å². The molecule has 0 unspecified atom stereocenters. The maximum Gasteiger partial charge on any atom is 0.234 e. The van der Waals surface area contributed by atoms with Gasteiger partial charge in [-0.05, 0) is 31.4 Å². The normalized spacial score (nSPS) is 15.2. The summed E-state index contributed by atoms with van der Waals surface area (Å²) >= 11 is 5.03. The number of nitrogens with one attached hydrogen (secondary N) is 2. The van der Waals surface area contributed by atoms with Gasteiger partial charge in [-0.25, -0.2) is 4.98 Å². The lowest BCUT2D eigenvalue weighted by atomic mass is 10.0. The van der Waals surface area contributed by atoms with E-state index in [1.54, 1.807) is 11.3 Å². The van der Waals surface area contributed by atoms with Gasteiger partial charge >= 0.3 is 0 Å². The van der Waals surface area contributed by atoms with Crippen molar-refractivity contribution in [2.24, 2.45) is 0 Å². The van der Waals surface area contributed by atoms with Crippen molar-refractivity contribution in [3.8, 4) is 10.6 Å². The fourth-order valence-corrected chi connectivity index (χ4v) is 4.56. The van der Waals surface area contributed by atoms with Gasteiger partial charge in [0.15, 0.2) is 0 Å². The fourth-order valence-electron chi connectivity index (χ4n) is 3.34. The van der Waals surface area contributed by atoms with E-state index in [4.69, 9.17) is 0 Å². The molecule has 2 N–H and O–H groups in total. The van der Waals surface area contributed by atoms with Crippen LogP contribution in [0.4, 0.5) is 0 Å². The molecule has 1 aliphatic heterocycles. The highest BCUT2D eigenvalue weighted by atomic mass is 79.9. The number of hydrogen-bond donors (Lipinski definition) is 2. The Morgan fingerprint density at radius 3 is 2.79 bits per heavy atom. The van der Waals surface area contributed by atoms with Gasteiger partial charge in [-0.15, -0.1) is 11.3 Å². The lowest BCUT2D eigenvalue weighted by Gasteiger charge is -2.31. The van der Waals surface area contributed by atoms with Crippen molar-refractivity contribution in [1.29, 1.82) is 0 Å². The lowest BCUT2D eigenvalue weighted by molar-refractivity contribution is -0.124. The van der Waals surface area contributed by atoms with Gasteiger partial charge in [-0.1, -0.05) is 35.0 Å². The van der Waals surface area contributed by atoms with Gasteiger partial charge in [-0.2, -0.15) is 0 Å². The molecule has 1 aromatic carbocycles. The molecule has 0 bridgehead atoms. The molecule has 3 rings (SSSR count). The Bertz CT molecular complexity index is 834. The van der Waals surface area contributed by atoms with Crippen LogP contribution in [0.25, 0.3) is 10.6 Å². The zero-order valence-corrected chi connectivity index (χ0v) is 19.0.